The van der Waals surface area contributed by atoms with Crippen molar-refractivity contribution in [2.45, 2.75) is 31.6 Å². The average Bonchev–Trinajstić information content (AvgIpc) is 2.48. The fourth-order valence-corrected chi connectivity index (χ4v) is 2.45. The van der Waals surface area contributed by atoms with Gasteiger partial charge in [0.15, 0.2) is 0 Å². The normalized spacial score (nSPS) is 18.9. The van der Waals surface area contributed by atoms with Crippen LogP contribution in [0.3, 0.4) is 0 Å². The number of hydrogen-bond donors (Lipinski definition) is 3. The highest BCUT2D eigenvalue weighted by Gasteiger charge is 2.19. The molecule has 4 N–H and O–H groups in total. The van der Waals surface area contributed by atoms with E-state index in [0.29, 0.717) is 13.1 Å². The van der Waals surface area contributed by atoms with Gasteiger partial charge >= 0.3 is 0 Å². The first-order valence-electron chi connectivity index (χ1n) is 7.18. The minimum Gasteiger partial charge on any atom is -0.491 e. The Bertz CT molecular complexity index is 406. The van der Waals surface area contributed by atoms with Crippen molar-refractivity contribution in [3.63, 3.8) is 0 Å². The van der Waals surface area contributed by atoms with Crippen LogP contribution in [0, 0.1) is 0 Å². The van der Waals surface area contributed by atoms with E-state index in [-0.39, 0.29) is 12.7 Å². The summed E-state index contributed by atoms with van der Waals surface area (Å²) >= 11 is 0. The van der Waals surface area contributed by atoms with Gasteiger partial charge in [0.25, 0.3) is 0 Å². The van der Waals surface area contributed by atoms with Gasteiger partial charge in [0.05, 0.1) is 6.10 Å². The summed E-state index contributed by atoms with van der Waals surface area (Å²) in [5, 5.41) is 19.5. The zero-order valence-corrected chi connectivity index (χ0v) is 11.7. The van der Waals surface area contributed by atoms with E-state index in [9.17, 15) is 10.2 Å². The van der Waals surface area contributed by atoms with Crippen molar-refractivity contribution in [3.8, 4) is 5.75 Å². The van der Waals surface area contributed by atoms with Gasteiger partial charge in [-0.1, -0.05) is 18.2 Å². The summed E-state index contributed by atoms with van der Waals surface area (Å²) < 4.78 is 5.65. The molecule has 1 aliphatic heterocycles. The molecule has 1 aliphatic rings. The van der Waals surface area contributed by atoms with Crippen LogP contribution in [0.1, 0.15) is 18.4 Å². The molecule has 1 saturated heterocycles. The van der Waals surface area contributed by atoms with Crippen LogP contribution in [0.2, 0.25) is 0 Å². The van der Waals surface area contributed by atoms with Crippen LogP contribution in [-0.2, 0) is 6.54 Å². The van der Waals surface area contributed by atoms with Crippen molar-refractivity contribution < 1.29 is 14.9 Å². The molecule has 1 unspecified atom stereocenters. The minimum atomic E-state index is -0.531. The highest BCUT2D eigenvalue weighted by Crippen LogP contribution is 2.17. The van der Waals surface area contributed by atoms with Gasteiger partial charge in [0, 0.05) is 31.7 Å². The number of benzene rings is 1. The second kappa shape index (κ2) is 7.59. The van der Waals surface area contributed by atoms with Gasteiger partial charge in [-0.15, -0.1) is 0 Å². The lowest BCUT2D eigenvalue weighted by molar-refractivity contribution is 0.0336. The third-order valence-corrected chi connectivity index (χ3v) is 3.65. The number of hydrogen-bond acceptors (Lipinski definition) is 5. The van der Waals surface area contributed by atoms with Gasteiger partial charge in [-0.3, -0.25) is 0 Å². The highest BCUT2D eigenvalue weighted by atomic mass is 16.5. The van der Waals surface area contributed by atoms with Gasteiger partial charge in [-0.05, 0) is 18.9 Å². The summed E-state index contributed by atoms with van der Waals surface area (Å²) in [5.74, 6) is 0.739. The maximum absolute atomic E-state index is 10.0. The molecule has 1 atom stereocenters. The number of ether oxygens (including phenoxy) is 1. The van der Waals surface area contributed by atoms with Crippen LogP contribution in [0.15, 0.2) is 24.3 Å². The molecule has 0 aromatic heterocycles. The Morgan fingerprint density at radius 1 is 1.30 bits per heavy atom. The van der Waals surface area contributed by atoms with E-state index < -0.39 is 6.10 Å². The maximum atomic E-state index is 10.0. The fourth-order valence-electron chi connectivity index (χ4n) is 2.45. The summed E-state index contributed by atoms with van der Waals surface area (Å²) in [6, 6.07) is 7.61. The Kier molecular flexibility index (Phi) is 5.79. The predicted molar refractivity (Wildman–Crippen MR) is 77.5 cm³/mol. The molecular formula is C15H24N2O3. The molecule has 112 valence electrons. The Balaban J connectivity index is 1.76. The number of aliphatic hydroxyl groups excluding tert-OH is 2. The summed E-state index contributed by atoms with van der Waals surface area (Å²) in [6.07, 6.45) is 0.847. The molecule has 2 rings (SSSR count). The lowest BCUT2D eigenvalue weighted by Gasteiger charge is -2.30. The molecule has 1 heterocycles. The van der Waals surface area contributed by atoms with E-state index in [0.717, 1.165) is 37.2 Å². The molecule has 0 saturated carbocycles. The number of para-hydroxylation sites is 1. The molecule has 1 aromatic carbocycles. The number of nitrogens with zero attached hydrogens (tertiary/aromatic N) is 1. The third kappa shape index (κ3) is 4.45. The zero-order valence-electron chi connectivity index (χ0n) is 11.7. The smallest absolute Gasteiger partial charge is 0.123 e. The van der Waals surface area contributed by atoms with Gasteiger partial charge in [-0.25, -0.2) is 0 Å². The number of likely N-dealkylation sites (tertiary alicyclic amines) is 1. The van der Waals surface area contributed by atoms with Crippen LogP contribution in [0.5, 0.6) is 5.75 Å². The number of rotatable bonds is 6. The van der Waals surface area contributed by atoms with Gasteiger partial charge in [0.1, 0.15) is 18.5 Å². The van der Waals surface area contributed by atoms with Crippen LogP contribution in [0.25, 0.3) is 0 Å². The van der Waals surface area contributed by atoms with Crippen molar-refractivity contribution in [1.82, 2.24) is 4.90 Å². The number of nitrogens with two attached hydrogens (primary N) is 1. The van der Waals surface area contributed by atoms with E-state index in [1.165, 1.54) is 0 Å². The predicted octanol–water partition coefficient (Wildman–Crippen LogP) is 0.342. The average molecular weight is 280 g/mol. The SMILES string of the molecule is NCc1ccccc1OCC(O)CN1CCC(O)CC1. The second-order valence-corrected chi connectivity index (χ2v) is 5.31. The Hall–Kier alpha value is -1.14. The van der Waals surface area contributed by atoms with Gasteiger partial charge in [0.2, 0.25) is 0 Å². The standard InChI is InChI=1S/C15H24N2O3/c16-9-12-3-1-2-4-15(12)20-11-14(19)10-17-7-5-13(18)6-8-17/h1-4,13-14,18-19H,5-11,16H2. The highest BCUT2D eigenvalue weighted by molar-refractivity contribution is 5.32. The van der Waals surface area contributed by atoms with E-state index in [2.05, 4.69) is 4.90 Å². The first-order chi connectivity index (χ1) is 9.69. The van der Waals surface area contributed by atoms with E-state index >= 15 is 0 Å². The summed E-state index contributed by atoms with van der Waals surface area (Å²) in [7, 11) is 0. The molecule has 1 aromatic rings. The van der Waals surface area contributed by atoms with Gasteiger partial charge in [-0.2, -0.15) is 0 Å². The largest absolute Gasteiger partial charge is 0.491 e. The van der Waals surface area contributed by atoms with E-state index in [1.54, 1.807) is 0 Å². The van der Waals surface area contributed by atoms with Crippen molar-refractivity contribution in [2.75, 3.05) is 26.2 Å². The lowest BCUT2D eigenvalue weighted by Crippen LogP contribution is -2.41. The molecular weight excluding hydrogens is 256 g/mol. The molecule has 20 heavy (non-hydrogen) atoms. The Labute approximate surface area is 120 Å². The molecule has 5 nitrogen and oxygen atoms in total. The Morgan fingerprint density at radius 2 is 2.00 bits per heavy atom. The molecule has 1 fully saturated rings. The number of β-amino-alcohol motifs (C(OH)–C–C–N with tert-alkyl or cyclic N) is 1. The Morgan fingerprint density at radius 3 is 2.70 bits per heavy atom. The van der Waals surface area contributed by atoms with Crippen molar-refractivity contribution in [3.05, 3.63) is 29.8 Å². The van der Waals surface area contributed by atoms with Crippen LogP contribution in [-0.4, -0.2) is 53.6 Å². The first kappa shape index (κ1) is 15.3. The van der Waals surface area contributed by atoms with Crippen LogP contribution < -0.4 is 10.5 Å². The first-order valence-corrected chi connectivity index (χ1v) is 7.18. The summed E-state index contributed by atoms with van der Waals surface area (Å²) in [5.41, 5.74) is 6.59. The molecule has 0 aliphatic carbocycles. The maximum Gasteiger partial charge on any atom is 0.123 e. The number of aliphatic hydroxyl groups is 2. The van der Waals surface area contributed by atoms with Crippen molar-refractivity contribution >= 4 is 0 Å². The topological polar surface area (TPSA) is 79.0 Å². The molecule has 0 radical (unpaired) electrons. The van der Waals surface area contributed by atoms with Gasteiger partial charge < -0.3 is 25.6 Å². The second-order valence-electron chi connectivity index (χ2n) is 5.31. The molecule has 0 amide bonds. The van der Waals surface area contributed by atoms with Crippen LogP contribution >= 0.6 is 0 Å². The van der Waals surface area contributed by atoms with Crippen molar-refractivity contribution in [1.29, 1.82) is 0 Å². The lowest BCUT2D eigenvalue weighted by atomic mass is 10.1. The fraction of sp³-hybridized carbons (Fsp3) is 0.600. The molecule has 0 spiro atoms. The molecule has 5 heteroatoms. The third-order valence-electron chi connectivity index (χ3n) is 3.65. The van der Waals surface area contributed by atoms with Crippen molar-refractivity contribution in [2.24, 2.45) is 5.73 Å². The van der Waals surface area contributed by atoms with Crippen LogP contribution in [0.4, 0.5) is 0 Å². The summed E-state index contributed by atoms with van der Waals surface area (Å²) in [6.45, 7) is 2.93. The monoisotopic (exact) mass is 280 g/mol. The van der Waals surface area contributed by atoms with E-state index in [4.69, 9.17) is 10.5 Å². The molecule has 0 bridgehead atoms. The zero-order chi connectivity index (χ0) is 14.4. The number of piperidine rings is 1. The summed E-state index contributed by atoms with van der Waals surface area (Å²) in [4.78, 5) is 2.16. The minimum absolute atomic E-state index is 0.184. The quantitative estimate of drug-likeness (QED) is 0.700. The van der Waals surface area contributed by atoms with E-state index in [1.807, 2.05) is 24.3 Å².